The van der Waals surface area contributed by atoms with Gasteiger partial charge in [-0.15, -0.1) is 5.12 Å². The second-order valence-corrected chi connectivity index (χ2v) is 4.16. The molecule has 1 aliphatic rings. The van der Waals surface area contributed by atoms with Gasteiger partial charge in [-0.3, -0.25) is 9.74 Å². The normalized spacial score (nSPS) is 22.8. The number of anilines is 1. The van der Waals surface area contributed by atoms with Crippen molar-refractivity contribution in [2.75, 3.05) is 5.12 Å². The van der Waals surface area contributed by atoms with E-state index < -0.39 is 63.1 Å². The third kappa shape index (κ3) is 1.75. The van der Waals surface area contributed by atoms with E-state index in [1.165, 1.54) is 0 Å². The summed E-state index contributed by atoms with van der Waals surface area (Å²) in [5.74, 6) is -23.9. The summed E-state index contributed by atoms with van der Waals surface area (Å²) >= 11 is 0. The molecule has 126 valence electrons. The van der Waals surface area contributed by atoms with E-state index in [0.29, 0.717) is 0 Å². The van der Waals surface area contributed by atoms with Crippen LogP contribution in [0.1, 0.15) is 5.56 Å². The maximum absolute atomic E-state index is 14.0. The predicted octanol–water partition coefficient (Wildman–Crippen LogP) is 2.70. The van der Waals surface area contributed by atoms with E-state index in [1.807, 2.05) is 0 Å². The molecule has 1 aliphatic heterocycles. The molecule has 1 aromatic carbocycles. The monoisotopic (exact) mass is 353 g/mol. The van der Waals surface area contributed by atoms with Crippen molar-refractivity contribution in [1.29, 1.82) is 0 Å². The summed E-state index contributed by atoms with van der Waals surface area (Å²) in [5, 5.41) is -1.91. The number of fused-ring (bicyclic) bond motifs is 1. The minimum Gasteiger partial charge on any atom is -0.267 e. The molecular formula is C10F9NO3. The Morgan fingerprint density at radius 1 is 0.957 bits per heavy atom. The second kappa shape index (κ2) is 4.76. The first-order valence-corrected chi connectivity index (χ1v) is 5.21. The number of amides is 1. The molecule has 13 heteroatoms. The number of benzene rings is 1. The number of hydrogen-bond donors (Lipinski definition) is 0. The Labute approximate surface area is 118 Å². The van der Waals surface area contributed by atoms with Gasteiger partial charge in [0.2, 0.25) is 0 Å². The van der Waals surface area contributed by atoms with Crippen molar-refractivity contribution < 1.29 is 54.3 Å². The Kier molecular flexibility index (Phi) is 3.50. The molecule has 1 atom stereocenters. The lowest BCUT2D eigenvalue weighted by Gasteiger charge is -2.36. The van der Waals surface area contributed by atoms with Gasteiger partial charge < -0.3 is 0 Å². The highest BCUT2D eigenvalue weighted by molar-refractivity contribution is 6.15. The molecule has 0 aromatic heterocycles. The number of nitrogens with zero attached hydrogens (tertiary/aromatic N) is 1. The van der Waals surface area contributed by atoms with Gasteiger partial charge in [-0.25, -0.2) is 26.7 Å². The zero-order chi connectivity index (χ0) is 17.9. The first-order valence-electron chi connectivity index (χ1n) is 5.21. The number of halogens is 9. The number of rotatable bonds is 1. The maximum Gasteiger partial charge on any atom is 0.402 e. The molecule has 1 unspecified atom stereocenters. The minimum atomic E-state index is -5.83. The molecule has 0 bridgehead atoms. The largest absolute Gasteiger partial charge is 0.402 e. The van der Waals surface area contributed by atoms with Crippen LogP contribution in [0, 0.1) is 23.3 Å². The fourth-order valence-corrected chi connectivity index (χ4v) is 1.90. The molecule has 0 aliphatic carbocycles. The zero-order valence-corrected chi connectivity index (χ0v) is 10.1. The van der Waals surface area contributed by atoms with Crippen molar-refractivity contribution in [3.63, 3.8) is 0 Å². The molecule has 4 nitrogen and oxygen atoms in total. The molecule has 0 spiro atoms. The molecule has 0 saturated carbocycles. The number of carbonyl (C=O) groups is 2. The Hall–Kier alpha value is -2.47. The first-order chi connectivity index (χ1) is 10.4. The summed E-state index contributed by atoms with van der Waals surface area (Å²) in [7, 11) is 0. The van der Waals surface area contributed by atoms with Crippen LogP contribution in [-0.2, 0) is 20.5 Å². The summed E-state index contributed by atoms with van der Waals surface area (Å²) in [5.41, 5.74) is -10.9. The standard InChI is InChI=1S/C10F9NO3/c11-2-1-6(5(14)4(13)3(2)12)20(18)7(21)9(15,8(22)23-19)10(1,16)17. The van der Waals surface area contributed by atoms with E-state index in [0.717, 1.165) is 0 Å². The van der Waals surface area contributed by atoms with E-state index >= 15 is 0 Å². The van der Waals surface area contributed by atoms with Gasteiger partial charge in [-0.05, 0) is 0 Å². The summed E-state index contributed by atoms with van der Waals surface area (Å²) in [6.45, 7) is 0. The van der Waals surface area contributed by atoms with Gasteiger partial charge in [0.25, 0.3) is 0 Å². The lowest BCUT2D eigenvalue weighted by Crippen LogP contribution is -2.63. The number of carbonyl (C=O) groups excluding carboxylic acids is 2. The van der Waals surface area contributed by atoms with Crippen molar-refractivity contribution in [1.82, 2.24) is 0 Å². The maximum atomic E-state index is 14.0. The molecule has 0 radical (unpaired) electrons. The van der Waals surface area contributed by atoms with Crippen LogP contribution in [0.3, 0.4) is 0 Å². The summed E-state index contributed by atoms with van der Waals surface area (Å²) in [6, 6.07) is 0. The highest BCUT2D eigenvalue weighted by Crippen LogP contribution is 2.53. The van der Waals surface area contributed by atoms with E-state index in [1.54, 1.807) is 0 Å². The Morgan fingerprint density at radius 3 is 1.91 bits per heavy atom. The topological polar surface area (TPSA) is 46.6 Å². The van der Waals surface area contributed by atoms with Crippen molar-refractivity contribution in [3.05, 3.63) is 28.8 Å². The first kappa shape index (κ1) is 16.9. The van der Waals surface area contributed by atoms with Crippen molar-refractivity contribution >= 4 is 17.6 Å². The highest BCUT2D eigenvalue weighted by Gasteiger charge is 2.75. The molecular weight excluding hydrogens is 353 g/mol. The zero-order valence-electron chi connectivity index (χ0n) is 10.1. The van der Waals surface area contributed by atoms with Crippen LogP contribution in [0.5, 0.6) is 0 Å². The van der Waals surface area contributed by atoms with Crippen LogP contribution < -0.4 is 5.12 Å². The van der Waals surface area contributed by atoms with Gasteiger partial charge in [0, 0.05) is 4.53 Å². The lowest BCUT2D eigenvalue weighted by atomic mass is 9.85. The predicted molar refractivity (Wildman–Crippen MR) is 49.8 cm³/mol. The van der Waals surface area contributed by atoms with Crippen LogP contribution in [0.25, 0.3) is 0 Å². The Bertz CT molecular complexity index is 737. The third-order valence-corrected chi connectivity index (χ3v) is 3.01. The summed E-state index contributed by atoms with van der Waals surface area (Å²) in [6.07, 6.45) is 0. The lowest BCUT2D eigenvalue weighted by molar-refractivity contribution is -0.226. The van der Waals surface area contributed by atoms with Crippen LogP contribution >= 0.6 is 0 Å². The smallest absolute Gasteiger partial charge is 0.267 e. The fraction of sp³-hybridized carbons (Fsp3) is 0.200. The number of hydrogen-bond acceptors (Lipinski definition) is 3. The van der Waals surface area contributed by atoms with Gasteiger partial charge in [-0.1, -0.05) is 4.48 Å². The molecule has 1 aromatic rings. The second-order valence-electron chi connectivity index (χ2n) is 4.16. The Morgan fingerprint density at radius 2 is 1.43 bits per heavy atom. The van der Waals surface area contributed by atoms with Crippen molar-refractivity contribution in [2.24, 2.45) is 0 Å². The van der Waals surface area contributed by atoms with E-state index in [-0.39, 0.29) is 0 Å². The van der Waals surface area contributed by atoms with E-state index in [2.05, 4.69) is 4.94 Å². The average Bonchev–Trinajstić information content (AvgIpc) is 2.51. The van der Waals surface area contributed by atoms with Crippen LogP contribution in [0.15, 0.2) is 0 Å². The highest BCUT2D eigenvalue weighted by atomic mass is 19.3. The quantitative estimate of drug-likeness (QED) is 0.256. The number of alkyl halides is 3. The molecule has 0 saturated heterocycles. The Balaban J connectivity index is 2.98. The van der Waals surface area contributed by atoms with Gasteiger partial charge in [0.1, 0.15) is 5.69 Å². The fourth-order valence-electron chi connectivity index (χ4n) is 1.90. The van der Waals surface area contributed by atoms with E-state index in [9.17, 15) is 49.3 Å². The summed E-state index contributed by atoms with van der Waals surface area (Å²) < 4.78 is 120. The molecule has 0 fully saturated rings. The van der Waals surface area contributed by atoms with Gasteiger partial charge in [0.05, 0.1) is 5.56 Å². The molecule has 23 heavy (non-hydrogen) atoms. The van der Waals surface area contributed by atoms with Crippen LogP contribution in [0.2, 0.25) is 0 Å². The van der Waals surface area contributed by atoms with Gasteiger partial charge in [0.15, 0.2) is 23.3 Å². The average molecular weight is 353 g/mol. The molecule has 0 N–H and O–H groups in total. The van der Waals surface area contributed by atoms with Crippen molar-refractivity contribution in [2.45, 2.75) is 11.6 Å². The third-order valence-electron chi connectivity index (χ3n) is 3.01. The van der Waals surface area contributed by atoms with Crippen LogP contribution in [0.4, 0.5) is 45.4 Å². The van der Waals surface area contributed by atoms with Crippen molar-refractivity contribution in [3.8, 4) is 0 Å². The molecule has 1 amide bonds. The van der Waals surface area contributed by atoms with Gasteiger partial charge >= 0.3 is 23.5 Å². The van der Waals surface area contributed by atoms with Gasteiger partial charge in [-0.2, -0.15) is 8.78 Å². The molecule has 2 rings (SSSR count). The SMILES string of the molecule is O=C(OF)C1(F)C(=O)N(F)c2c(F)c(F)c(F)c(F)c2C1(F)F. The minimum absolute atomic E-state index is 1.91. The molecule has 1 heterocycles. The van der Waals surface area contributed by atoms with Crippen LogP contribution in [-0.4, -0.2) is 17.5 Å². The summed E-state index contributed by atoms with van der Waals surface area (Å²) in [4.78, 5) is 24.1. The van der Waals surface area contributed by atoms with E-state index in [4.69, 9.17) is 0 Å².